The fraction of sp³-hybridized carbons (Fsp3) is 0.300. The van der Waals surface area contributed by atoms with Crippen LogP contribution in [0.4, 0.5) is 11.6 Å². The van der Waals surface area contributed by atoms with Gasteiger partial charge in [0.05, 0.1) is 15.9 Å². The summed E-state index contributed by atoms with van der Waals surface area (Å²) in [7, 11) is 0.243. The van der Waals surface area contributed by atoms with Crippen LogP contribution in [0.5, 0.6) is 0 Å². The molecule has 0 unspecified atom stereocenters. The molecule has 2 aromatic carbocycles. The topological polar surface area (TPSA) is 87.2 Å². The van der Waals surface area contributed by atoms with Crippen molar-refractivity contribution in [3.05, 3.63) is 54.1 Å². The summed E-state index contributed by atoms with van der Waals surface area (Å²) in [5, 5.41) is 3.22. The maximum atomic E-state index is 12.9. The van der Waals surface area contributed by atoms with Gasteiger partial charge in [-0.3, -0.25) is 4.72 Å². The standard InChI is InChI=1S/C20H25N5O2S/c1-15-9-4-7-12-18(15)28(26,27)24-20-19(21-13-8-14-25(2)3)22-16-10-5-6-11-17(16)23-20/h4-7,9-12H,8,13-14H2,1-3H3,(H,21,22)(H,23,24). The van der Waals surface area contributed by atoms with E-state index >= 15 is 0 Å². The number of hydrogen-bond donors (Lipinski definition) is 2. The maximum absolute atomic E-state index is 12.9. The Morgan fingerprint density at radius 2 is 1.54 bits per heavy atom. The van der Waals surface area contributed by atoms with Crippen molar-refractivity contribution in [2.75, 3.05) is 37.2 Å². The van der Waals surface area contributed by atoms with Crippen molar-refractivity contribution in [3.8, 4) is 0 Å². The van der Waals surface area contributed by atoms with Crippen LogP contribution in [0.1, 0.15) is 12.0 Å². The minimum absolute atomic E-state index is 0.201. The molecule has 2 N–H and O–H groups in total. The molecular weight excluding hydrogens is 374 g/mol. The number of anilines is 2. The summed E-state index contributed by atoms with van der Waals surface area (Å²) < 4.78 is 28.4. The van der Waals surface area contributed by atoms with Gasteiger partial charge in [-0.05, 0) is 57.7 Å². The zero-order valence-corrected chi connectivity index (χ0v) is 17.1. The van der Waals surface area contributed by atoms with Gasteiger partial charge in [-0.1, -0.05) is 30.3 Å². The second-order valence-electron chi connectivity index (χ2n) is 6.86. The number of hydrogen-bond acceptors (Lipinski definition) is 6. The smallest absolute Gasteiger partial charge is 0.263 e. The lowest BCUT2D eigenvalue weighted by molar-refractivity contribution is 0.405. The number of aryl methyl sites for hydroxylation is 1. The van der Waals surface area contributed by atoms with Gasteiger partial charge in [-0.15, -0.1) is 0 Å². The quantitative estimate of drug-likeness (QED) is 0.566. The molecule has 0 bridgehead atoms. The number of para-hydroxylation sites is 2. The summed E-state index contributed by atoms with van der Waals surface area (Å²) in [5.41, 5.74) is 2.00. The molecule has 0 aliphatic heterocycles. The molecule has 3 aromatic rings. The van der Waals surface area contributed by atoms with E-state index in [9.17, 15) is 8.42 Å². The molecule has 0 atom stereocenters. The SMILES string of the molecule is Cc1ccccc1S(=O)(=O)Nc1nc2ccccc2nc1NCCCN(C)C. The van der Waals surface area contributed by atoms with Crippen LogP contribution < -0.4 is 10.0 Å². The summed E-state index contributed by atoms with van der Waals surface area (Å²) in [6, 6.07) is 14.2. The third kappa shape index (κ3) is 4.76. The lowest BCUT2D eigenvalue weighted by Crippen LogP contribution is -2.19. The van der Waals surface area contributed by atoms with E-state index in [1.807, 2.05) is 44.4 Å². The molecule has 3 rings (SSSR count). The Morgan fingerprint density at radius 1 is 0.929 bits per heavy atom. The molecule has 148 valence electrons. The van der Waals surface area contributed by atoms with Crippen LogP contribution in [-0.4, -0.2) is 50.5 Å². The normalized spacial score (nSPS) is 11.7. The van der Waals surface area contributed by atoms with Crippen LogP contribution in [0.2, 0.25) is 0 Å². The molecule has 1 aromatic heterocycles. The number of fused-ring (bicyclic) bond motifs is 1. The van der Waals surface area contributed by atoms with E-state index in [-0.39, 0.29) is 10.7 Å². The Morgan fingerprint density at radius 3 is 2.18 bits per heavy atom. The molecule has 0 fully saturated rings. The minimum Gasteiger partial charge on any atom is -0.367 e. The molecule has 0 saturated carbocycles. The van der Waals surface area contributed by atoms with Gasteiger partial charge in [0.15, 0.2) is 11.6 Å². The lowest BCUT2D eigenvalue weighted by Gasteiger charge is -2.15. The number of aromatic nitrogens is 2. The van der Waals surface area contributed by atoms with Gasteiger partial charge in [-0.25, -0.2) is 18.4 Å². The van der Waals surface area contributed by atoms with E-state index in [0.717, 1.165) is 13.0 Å². The van der Waals surface area contributed by atoms with E-state index in [1.165, 1.54) is 0 Å². The molecule has 0 aliphatic carbocycles. The summed E-state index contributed by atoms with van der Waals surface area (Å²) in [5.74, 6) is 0.626. The third-order valence-electron chi connectivity index (χ3n) is 4.26. The van der Waals surface area contributed by atoms with Gasteiger partial charge in [0, 0.05) is 6.54 Å². The van der Waals surface area contributed by atoms with E-state index in [4.69, 9.17) is 0 Å². The third-order valence-corrected chi connectivity index (χ3v) is 5.76. The van der Waals surface area contributed by atoms with Gasteiger partial charge in [-0.2, -0.15) is 0 Å². The first-order valence-electron chi connectivity index (χ1n) is 9.10. The Kier molecular flexibility index (Phi) is 6.11. The summed E-state index contributed by atoms with van der Waals surface area (Å²) in [4.78, 5) is 11.4. The van der Waals surface area contributed by atoms with Crippen LogP contribution in [0.25, 0.3) is 11.0 Å². The monoisotopic (exact) mass is 399 g/mol. The van der Waals surface area contributed by atoms with Gasteiger partial charge >= 0.3 is 0 Å². The van der Waals surface area contributed by atoms with Crippen molar-refractivity contribution in [1.29, 1.82) is 0 Å². The van der Waals surface area contributed by atoms with Crippen LogP contribution in [0, 0.1) is 6.92 Å². The van der Waals surface area contributed by atoms with E-state index < -0.39 is 10.0 Å². The van der Waals surface area contributed by atoms with Crippen LogP contribution in [0.15, 0.2) is 53.4 Å². The summed E-state index contributed by atoms with van der Waals surface area (Å²) in [6.07, 6.45) is 0.894. The van der Waals surface area contributed by atoms with Gasteiger partial charge < -0.3 is 10.2 Å². The Hall–Kier alpha value is -2.71. The predicted octanol–water partition coefficient (Wildman–Crippen LogP) is 3.10. The van der Waals surface area contributed by atoms with Crippen LogP contribution in [-0.2, 0) is 10.0 Å². The van der Waals surface area contributed by atoms with Crippen molar-refractivity contribution >= 4 is 32.7 Å². The second-order valence-corrected chi connectivity index (χ2v) is 8.51. The Labute approximate surface area is 165 Å². The average Bonchev–Trinajstić information content (AvgIpc) is 2.65. The fourth-order valence-electron chi connectivity index (χ4n) is 2.84. The molecule has 0 amide bonds. The van der Waals surface area contributed by atoms with Crippen LogP contribution in [0.3, 0.4) is 0 Å². The highest BCUT2D eigenvalue weighted by molar-refractivity contribution is 7.92. The predicted molar refractivity (Wildman–Crippen MR) is 113 cm³/mol. The van der Waals surface area contributed by atoms with Crippen molar-refractivity contribution in [1.82, 2.24) is 14.9 Å². The first-order valence-corrected chi connectivity index (χ1v) is 10.6. The number of benzene rings is 2. The molecule has 0 radical (unpaired) electrons. The lowest BCUT2D eigenvalue weighted by atomic mass is 10.2. The van der Waals surface area contributed by atoms with Gasteiger partial charge in [0.2, 0.25) is 0 Å². The first-order chi connectivity index (χ1) is 13.4. The van der Waals surface area contributed by atoms with Gasteiger partial charge in [0.25, 0.3) is 10.0 Å². The molecular formula is C20H25N5O2S. The first kappa shape index (κ1) is 20.0. The average molecular weight is 400 g/mol. The van der Waals surface area contributed by atoms with E-state index in [1.54, 1.807) is 25.1 Å². The van der Waals surface area contributed by atoms with E-state index in [0.29, 0.717) is 29.0 Å². The van der Waals surface area contributed by atoms with Crippen molar-refractivity contribution in [2.45, 2.75) is 18.2 Å². The van der Waals surface area contributed by atoms with Crippen molar-refractivity contribution in [3.63, 3.8) is 0 Å². The minimum atomic E-state index is -3.78. The zero-order chi connectivity index (χ0) is 20.1. The molecule has 28 heavy (non-hydrogen) atoms. The number of nitrogens with one attached hydrogen (secondary N) is 2. The highest BCUT2D eigenvalue weighted by atomic mass is 32.2. The van der Waals surface area contributed by atoms with Crippen molar-refractivity contribution in [2.24, 2.45) is 0 Å². The maximum Gasteiger partial charge on any atom is 0.263 e. The molecule has 1 heterocycles. The number of nitrogens with zero attached hydrogens (tertiary/aromatic N) is 3. The molecule has 0 saturated heterocycles. The van der Waals surface area contributed by atoms with E-state index in [2.05, 4.69) is 24.9 Å². The summed E-state index contributed by atoms with van der Waals surface area (Å²) in [6.45, 7) is 3.34. The Balaban J connectivity index is 1.93. The number of sulfonamides is 1. The number of rotatable bonds is 8. The zero-order valence-electron chi connectivity index (χ0n) is 16.3. The van der Waals surface area contributed by atoms with Crippen molar-refractivity contribution < 1.29 is 8.42 Å². The summed E-state index contributed by atoms with van der Waals surface area (Å²) >= 11 is 0. The van der Waals surface area contributed by atoms with Gasteiger partial charge in [0.1, 0.15) is 0 Å². The van der Waals surface area contributed by atoms with Crippen LogP contribution >= 0.6 is 0 Å². The fourth-order valence-corrected chi connectivity index (χ4v) is 4.09. The highest BCUT2D eigenvalue weighted by Gasteiger charge is 2.20. The largest absolute Gasteiger partial charge is 0.367 e. The molecule has 8 heteroatoms. The Bertz CT molecular complexity index is 1070. The second kappa shape index (κ2) is 8.53. The molecule has 7 nitrogen and oxygen atoms in total. The molecule has 0 spiro atoms. The molecule has 0 aliphatic rings. The highest BCUT2D eigenvalue weighted by Crippen LogP contribution is 2.25.